The van der Waals surface area contributed by atoms with Gasteiger partial charge in [-0.1, -0.05) is 19.9 Å². The van der Waals surface area contributed by atoms with Crippen LogP contribution in [-0.4, -0.2) is 49.4 Å². The second-order valence-electron chi connectivity index (χ2n) is 7.34. The van der Waals surface area contributed by atoms with Gasteiger partial charge in [0.2, 0.25) is 0 Å². The fraction of sp³-hybridized carbons (Fsp3) is 0.600. The number of nitrogens with zero attached hydrogens (tertiary/aromatic N) is 2. The topological polar surface area (TPSA) is 52.7 Å². The van der Waals surface area contributed by atoms with Gasteiger partial charge in [-0.2, -0.15) is 0 Å². The monoisotopic (exact) mass is 363 g/mol. The molecule has 1 aliphatic heterocycles. The number of hydrogen-bond donors (Lipinski definition) is 1. The summed E-state index contributed by atoms with van der Waals surface area (Å²) >= 11 is 0. The molecule has 2 amide bonds. The van der Waals surface area contributed by atoms with Crippen molar-refractivity contribution in [2.24, 2.45) is 11.8 Å². The van der Waals surface area contributed by atoms with Gasteiger partial charge in [0.05, 0.1) is 0 Å². The minimum absolute atomic E-state index is 0.305. The first-order valence-electron chi connectivity index (χ1n) is 9.48. The smallest absolute Gasteiger partial charge is 0.316 e. The predicted octanol–water partition coefficient (Wildman–Crippen LogP) is 2.66. The van der Waals surface area contributed by atoms with Gasteiger partial charge in [0.1, 0.15) is 5.82 Å². The van der Waals surface area contributed by atoms with E-state index in [9.17, 15) is 14.0 Å². The average Bonchev–Trinajstić information content (AvgIpc) is 2.58. The van der Waals surface area contributed by atoms with Crippen LogP contribution in [0.3, 0.4) is 0 Å². The maximum atomic E-state index is 13.4. The number of likely N-dealkylation sites (tertiary alicyclic amines) is 1. The Bertz CT molecular complexity index is 613. The highest BCUT2D eigenvalue weighted by Gasteiger charge is 2.23. The quantitative estimate of drug-likeness (QED) is 0.624. The molecule has 0 unspecified atom stereocenters. The molecule has 1 fully saturated rings. The molecule has 1 N–H and O–H groups in total. The van der Waals surface area contributed by atoms with E-state index in [4.69, 9.17) is 0 Å². The zero-order chi connectivity index (χ0) is 19.1. The van der Waals surface area contributed by atoms with E-state index in [1.807, 2.05) is 0 Å². The Labute approximate surface area is 155 Å². The Morgan fingerprint density at radius 3 is 2.58 bits per heavy atom. The van der Waals surface area contributed by atoms with Crippen molar-refractivity contribution in [2.75, 3.05) is 37.6 Å². The summed E-state index contributed by atoms with van der Waals surface area (Å²) in [7, 11) is 0. The first-order chi connectivity index (χ1) is 12.4. The molecule has 144 valence electrons. The highest BCUT2D eigenvalue weighted by atomic mass is 19.1. The van der Waals surface area contributed by atoms with Crippen LogP contribution in [0.2, 0.25) is 0 Å². The summed E-state index contributed by atoms with van der Waals surface area (Å²) in [5, 5.41) is 2.69. The Kier molecular flexibility index (Phi) is 7.57. The number of carbonyl (C=O) groups excluding carboxylic acids is 2. The standard InChI is InChI=1S/C20H30FN3O2/c1-4-24(18-8-5-7-17(21)12-18)20(26)19(25)22-9-6-10-23-13-15(2)11-16(3)14-23/h5,7-8,12,15-16H,4,6,9-11,13-14H2,1-3H3,(H,22,25)/t15-,16+. The summed E-state index contributed by atoms with van der Waals surface area (Å²) in [6.45, 7) is 10.2. The number of amides is 2. The van der Waals surface area contributed by atoms with E-state index in [2.05, 4.69) is 24.1 Å². The maximum absolute atomic E-state index is 13.4. The number of hydrogen-bond acceptors (Lipinski definition) is 3. The van der Waals surface area contributed by atoms with Crippen LogP contribution in [0.25, 0.3) is 0 Å². The number of rotatable bonds is 6. The van der Waals surface area contributed by atoms with Crippen molar-refractivity contribution >= 4 is 17.5 Å². The van der Waals surface area contributed by atoms with E-state index in [0.717, 1.165) is 26.1 Å². The van der Waals surface area contributed by atoms with Gasteiger partial charge in [-0.15, -0.1) is 0 Å². The van der Waals surface area contributed by atoms with Crippen LogP contribution in [-0.2, 0) is 9.59 Å². The number of piperidine rings is 1. The number of benzene rings is 1. The fourth-order valence-corrected chi connectivity index (χ4v) is 3.76. The molecule has 0 aromatic heterocycles. The lowest BCUT2D eigenvalue weighted by Gasteiger charge is -2.34. The molecule has 5 nitrogen and oxygen atoms in total. The van der Waals surface area contributed by atoms with E-state index in [0.29, 0.717) is 30.6 Å². The van der Waals surface area contributed by atoms with E-state index < -0.39 is 17.6 Å². The lowest BCUT2D eigenvalue weighted by atomic mass is 9.92. The van der Waals surface area contributed by atoms with Crippen molar-refractivity contribution in [3.8, 4) is 0 Å². The fourth-order valence-electron chi connectivity index (χ4n) is 3.76. The van der Waals surface area contributed by atoms with Gasteiger partial charge >= 0.3 is 11.8 Å². The van der Waals surface area contributed by atoms with E-state index in [-0.39, 0.29) is 0 Å². The molecule has 6 heteroatoms. The van der Waals surface area contributed by atoms with Crippen molar-refractivity contribution in [2.45, 2.75) is 33.6 Å². The summed E-state index contributed by atoms with van der Waals surface area (Å²) < 4.78 is 13.4. The van der Waals surface area contributed by atoms with Gasteiger partial charge in [-0.25, -0.2) is 4.39 Å². The molecule has 26 heavy (non-hydrogen) atoms. The van der Waals surface area contributed by atoms with Crippen molar-refractivity contribution in [3.05, 3.63) is 30.1 Å². The normalized spacial score (nSPS) is 20.6. The number of likely N-dealkylation sites (N-methyl/N-ethyl adjacent to an activating group) is 1. The van der Waals surface area contributed by atoms with Crippen LogP contribution < -0.4 is 10.2 Å². The molecule has 2 atom stereocenters. The second kappa shape index (κ2) is 9.67. The lowest BCUT2D eigenvalue weighted by Crippen LogP contribution is -2.44. The Balaban J connectivity index is 1.78. The summed E-state index contributed by atoms with van der Waals surface area (Å²) in [6.07, 6.45) is 2.08. The molecule has 1 aromatic carbocycles. The number of anilines is 1. The van der Waals surface area contributed by atoms with Gasteiger partial charge in [-0.05, 0) is 56.3 Å². The predicted molar refractivity (Wildman–Crippen MR) is 101 cm³/mol. The maximum Gasteiger partial charge on any atom is 0.316 e. The summed E-state index contributed by atoms with van der Waals surface area (Å²) in [4.78, 5) is 28.2. The number of carbonyl (C=O) groups is 2. The van der Waals surface area contributed by atoms with Crippen LogP contribution in [0.5, 0.6) is 0 Å². The minimum atomic E-state index is -0.654. The Morgan fingerprint density at radius 1 is 1.27 bits per heavy atom. The van der Waals surface area contributed by atoms with Gasteiger partial charge in [0, 0.05) is 31.9 Å². The van der Waals surface area contributed by atoms with E-state index >= 15 is 0 Å². The highest BCUT2D eigenvalue weighted by Crippen LogP contribution is 2.20. The molecule has 0 spiro atoms. The lowest BCUT2D eigenvalue weighted by molar-refractivity contribution is -0.137. The Morgan fingerprint density at radius 2 is 1.96 bits per heavy atom. The largest absolute Gasteiger partial charge is 0.348 e. The van der Waals surface area contributed by atoms with Crippen molar-refractivity contribution in [1.29, 1.82) is 0 Å². The van der Waals surface area contributed by atoms with Crippen molar-refractivity contribution < 1.29 is 14.0 Å². The molecule has 1 heterocycles. The second-order valence-corrected chi connectivity index (χ2v) is 7.34. The van der Waals surface area contributed by atoms with Crippen LogP contribution in [0.15, 0.2) is 24.3 Å². The SMILES string of the molecule is CCN(C(=O)C(=O)NCCCN1C[C@H](C)C[C@H](C)C1)c1cccc(F)c1. The average molecular weight is 363 g/mol. The third-order valence-electron chi connectivity index (χ3n) is 4.76. The van der Waals surface area contributed by atoms with E-state index in [1.54, 1.807) is 13.0 Å². The molecular weight excluding hydrogens is 333 g/mol. The third kappa shape index (κ3) is 5.80. The van der Waals surface area contributed by atoms with Gasteiger partial charge in [0.25, 0.3) is 0 Å². The molecule has 0 saturated carbocycles. The van der Waals surface area contributed by atoms with Gasteiger partial charge in [-0.3, -0.25) is 9.59 Å². The first-order valence-corrected chi connectivity index (χ1v) is 9.48. The molecule has 0 bridgehead atoms. The number of halogens is 1. The molecule has 1 saturated heterocycles. The summed E-state index contributed by atoms with van der Waals surface area (Å²) in [6, 6.07) is 5.72. The van der Waals surface area contributed by atoms with Crippen LogP contribution in [0, 0.1) is 17.7 Å². The van der Waals surface area contributed by atoms with Gasteiger partial charge < -0.3 is 15.1 Å². The molecular formula is C20H30FN3O2. The van der Waals surface area contributed by atoms with Crippen molar-refractivity contribution in [3.63, 3.8) is 0 Å². The summed E-state index contributed by atoms with van der Waals surface area (Å²) in [5.74, 6) is -0.312. The zero-order valence-electron chi connectivity index (χ0n) is 16.0. The Hall–Kier alpha value is -1.95. The van der Waals surface area contributed by atoms with Crippen molar-refractivity contribution in [1.82, 2.24) is 10.2 Å². The van der Waals surface area contributed by atoms with Crippen LogP contribution >= 0.6 is 0 Å². The zero-order valence-corrected chi connectivity index (χ0v) is 16.0. The highest BCUT2D eigenvalue weighted by molar-refractivity contribution is 6.40. The molecule has 1 aliphatic rings. The molecule has 0 radical (unpaired) electrons. The van der Waals surface area contributed by atoms with Gasteiger partial charge in [0.15, 0.2) is 0 Å². The minimum Gasteiger partial charge on any atom is -0.348 e. The summed E-state index contributed by atoms with van der Waals surface area (Å²) in [5.41, 5.74) is 0.393. The third-order valence-corrected chi connectivity index (χ3v) is 4.76. The molecule has 0 aliphatic carbocycles. The first kappa shape index (κ1) is 20.4. The molecule has 1 aromatic rings. The van der Waals surface area contributed by atoms with Crippen LogP contribution in [0.4, 0.5) is 10.1 Å². The van der Waals surface area contributed by atoms with E-state index in [1.165, 1.54) is 29.5 Å². The number of nitrogens with one attached hydrogen (secondary N) is 1. The molecule has 2 rings (SSSR count). The van der Waals surface area contributed by atoms with Crippen LogP contribution in [0.1, 0.15) is 33.6 Å².